The van der Waals surface area contributed by atoms with E-state index in [0.717, 1.165) is 82.8 Å². The Morgan fingerprint density at radius 3 is 1.41 bits per heavy atom. The highest BCUT2D eigenvalue weighted by molar-refractivity contribution is 6.10. The van der Waals surface area contributed by atoms with E-state index in [1.54, 1.807) is 0 Å². The molecule has 0 aliphatic rings. The van der Waals surface area contributed by atoms with E-state index in [4.69, 9.17) is 18.8 Å². The quantitative estimate of drug-likeness (QED) is 0.213. The van der Waals surface area contributed by atoms with Gasteiger partial charge in [0.15, 0.2) is 5.82 Å². The van der Waals surface area contributed by atoms with Crippen LogP contribution in [0.25, 0.3) is 88.6 Å². The van der Waals surface area contributed by atoms with E-state index in [9.17, 15) is 0 Å². The molecule has 206 valence electrons. The number of hydrogen-bond donors (Lipinski definition) is 0. The van der Waals surface area contributed by atoms with Crippen LogP contribution in [0.3, 0.4) is 0 Å². The summed E-state index contributed by atoms with van der Waals surface area (Å²) in [5.41, 5.74) is 10.8. The SMILES string of the molecule is c1cc(-c2cnc(-c3cccc(-c4cccc5c4oc4ccccc45)c3)nc2)cc(-c2cccc3c2oc2ccccc23)c1. The van der Waals surface area contributed by atoms with Gasteiger partial charge in [-0.15, -0.1) is 0 Å². The summed E-state index contributed by atoms with van der Waals surface area (Å²) < 4.78 is 12.6. The summed E-state index contributed by atoms with van der Waals surface area (Å²) in [7, 11) is 0. The Hall–Kier alpha value is -6.00. The molecule has 4 nitrogen and oxygen atoms in total. The maximum Gasteiger partial charge on any atom is 0.159 e. The number of fused-ring (bicyclic) bond motifs is 6. The minimum Gasteiger partial charge on any atom is -0.455 e. The molecule has 0 aliphatic carbocycles. The lowest BCUT2D eigenvalue weighted by Gasteiger charge is -2.08. The van der Waals surface area contributed by atoms with Gasteiger partial charge in [0.1, 0.15) is 22.3 Å². The molecule has 0 radical (unpaired) electrons. The average molecular weight is 565 g/mol. The van der Waals surface area contributed by atoms with Gasteiger partial charge in [-0.2, -0.15) is 0 Å². The van der Waals surface area contributed by atoms with Gasteiger partial charge in [0.2, 0.25) is 0 Å². The van der Waals surface area contributed by atoms with Crippen molar-refractivity contribution in [1.82, 2.24) is 9.97 Å². The van der Waals surface area contributed by atoms with Crippen LogP contribution >= 0.6 is 0 Å². The summed E-state index contributed by atoms with van der Waals surface area (Å²) in [5.74, 6) is 0.676. The molecular weight excluding hydrogens is 540 g/mol. The van der Waals surface area contributed by atoms with Crippen LogP contribution < -0.4 is 0 Å². The maximum atomic E-state index is 6.30. The zero-order chi connectivity index (χ0) is 29.0. The predicted octanol–water partition coefficient (Wildman–Crippen LogP) is 10.9. The van der Waals surface area contributed by atoms with E-state index in [0.29, 0.717) is 5.82 Å². The normalized spacial score (nSPS) is 11.6. The molecule has 9 rings (SSSR count). The standard InChI is InChI=1S/C40H24N2O2/c1-3-19-36-32(13-1)34-17-7-15-30(38(34)43-36)26-10-5-9-25(21-26)29-23-41-40(42-24-29)28-12-6-11-27(22-28)31-16-8-18-35-33-14-2-4-20-37(33)44-39(31)35/h1-24H. The molecule has 6 aromatic carbocycles. The fourth-order valence-electron chi connectivity index (χ4n) is 6.27. The van der Waals surface area contributed by atoms with Gasteiger partial charge in [0.25, 0.3) is 0 Å². The minimum absolute atomic E-state index is 0.676. The van der Waals surface area contributed by atoms with Gasteiger partial charge >= 0.3 is 0 Å². The molecule has 0 atom stereocenters. The Bertz CT molecular complexity index is 2330. The number of para-hydroxylation sites is 4. The van der Waals surface area contributed by atoms with Crippen molar-refractivity contribution in [3.8, 4) is 44.8 Å². The first-order valence-corrected chi connectivity index (χ1v) is 14.6. The summed E-state index contributed by atoms with van der Waals surface area (Å²) in [4.78, 5) is 9.57. The summed E-state index contributed by atoms with van der Waals surface area (Å²) >= 11 is 0. The smallest absolute Gasteiger partial charge is 0.159 e. The second-order valence-electron chi connectivity index (χ2n) is 11.0. The first-order valence-electron chi connectivity index (χ1n) is 14.6. The van der Waals surface area contributed by atoms with Crippen LogP contribution in [0, 0.1) is 0 Å². The topological polar surface area (TPSA) is 52.1 Å². The number of benzene rings is 6. The van der Waals surface area contributed by atoms with Gasteiger partial charge in [-0.25, -0.2) is 9.97 Å². The van der Waals surface area contributed by atoms with Crippen LogP contribution in [0.5, 0.6) is 0 Å². The molecule has 0 saturated heterocycles. The van der Waals surface area contributed by atoms with Crippen molar-refractivity contribution >= 4 is 43.9 Å². The Labute approximate surface area is 252 Å². The van der Waals surface area contributed by atoms with Crippen LogP contribution in [0.15, 0.2) is 155 Å². The lowest BCUT2D eigenvalue weighted by Crippen LogP contribution is -1.91. The van der Waals surface area contributed by atoms with Crippen molar-refractivity contribution in [2.24, 2.45) is 0 Å². The lowest BCUT2D eigenvalue weighted by molar-refractivity contribution is 0.669. The molecule has 0 bridgehead atoms. The van der Waals surface area contributed by atoms with E-state index in [-0.39, 0.29) is 0 Å². The Morgan fingerprint density at radius 2 is 0.818 bits per heavy atom. The third kappa shape index (κ3) is 3.92. The number of nitrogens with zero attached hydrogens (tertiary/aromatic N) is 2. The third-order valence-corrected chi connectivity index (χ3v) is 8.40. The van der Waals surface area contributed by atoms with Crippen molar-refractivity contribution in [1.29, 1.82) is 0 Å². The Kier molecular flexibility index (Phi) is 5.47. The second kappa shape index (κ2) is 9.79. The van der Waals surface area contributed by atoms with E-state index in [1.165, 1.54) is 0 Å². The van der Waals surface area contributed by atoms with Gasteiger partial charge in [-0.3, -0.25) is 0 Å². The summed E-state index contributed by atoms with van der Waals surface area (Å²) in [6.45, 7) is 0. The zero-order valence-electron chi connectivity index (χ0n) is 23.6. The molecule has 3 aromatic heterocycles. The molecule has 0 aliphatic heterocycles. The van der Waals surface area contributed by atoms with Crippen molar-refractivity contribution in [3.05, 3.63) is 146 Å². The van der Waals surface area contributed by atoms with Gasteiger partial charge in [-0.1, -0.05) is 109 Å². The number of furan rings is 2. The Morgan fingerprint density at radius 1 is 0.364 bits per heavy atom. The number of hydrogen-bond acceptors (Lipinski definition) is 4. The van der Waals surface area contributed by atoms with E-state index in [1.807, 2.05) is 60.9 Å². The van der Waals surface area contributed by atoms with Gasteiger partial charge in [0.05, 0.1) is 0 Å². The molecule has 0 saturated carbocycles. The van der Waals surface area contributed by atoms with Crippen LogP contribution in [-0.4, -0.2) is 9.97 Å². The summed E-state index contributed by atoms with van der Waals surface area (Å²) in [5, 5.41) is 4.48. The summed E-state index contributed by atoms with van der Waals surface area (Å²) in [6.07, 6.45) is 3.80. The molecule has 44 heavy (non-hydrogen) atoms. The van der Waals surface area contributed by atoms with Crippen molar-refractivity contribution < 1.29 is 8.83 Å². The maximum absolute atomic E-state index is 6.30. The first-order chi connectivity index (χ1) is 21.8. The van der Waals surface area contributed by atoms with Gasteiger partial charge < -0.3 is 8.83 Å². The minimum atomic E-state index is 0.676. The molecular formula is C40H24N2O2. The highest BCUT2D eigenvalue weighted by Gasteiger charge is 2.14. The van der Waals surface area contributed by atoms with Crippen LogP contribution in [0.1, 0.15) is 0 Å². The van der Waals surface area contributed by atoms with Crippen LogP contribution in [0.2, 0.25) is 0 Å². The molecule has 4 heteroatoms. The third-order valence-electron chi connectivity index (χ3n) is 8.40. The van der Waals surface area contributed by atoms with Crippen molar-refractivity contribution in [2.75, 3.05) is 0 Å². The van der Waals surface area contributed by atoms with E-state index in [2.05, 4.69) is 84.9 Å². The Balaban J connectivity index is 1.06. The van der Waals surface area contributed by atoms with E-state index >= 15 is 0 Å². The van der Waals surface area contributed by atoms with Crippen molar-refractivity contribution in [2.45, 2.75) is 0 Å². The molecule has 0 spiro atoms. The predicted molar refractivity (Wildman–Crippen MR) is 178 cm³/mol. The fourth-order valence-corrected chi connectivity index (χ4v) is 6.27. The summed E-state index contributed by atoms with van der Waals surface area (Å²) in [6, 6.07) is 45.8. The first kappa shape index (κ1) is 24.6. The molecule has 0 unspecified atom stereocenters. The zero-order valence-corrected chi connectivity index (χ0v) is 23.6. The largest absolute Gasteiger partial charge is 0.455 e. The molecule has 0 fully saturated rings. The number of rotatable bonds is 4. The van der Waals surface area contributed by atoms with Gasteiger partial charge in [-0.05, 0) is 41.0 Å². The highest BCUT2D eigenvalue weighted by atomic mass is 16.3. The number of aromatic nitrogens is 2. The lowest BCUT2D eigenvalue weighted by atomic mass is 9.98. The molecule has 9 aromatic rings. The van der Waals surface area contributed by atoms with Crippen molar-refractivity contribution in [3.63, 3.8) is 0 Å². The van der Waals surface area contributed by atoms with E-state index < -0.39 is 0 Å². The van der Waals surface area contributed by atoms with Crippen LogP contribution in [0.4, 0.5) is 0 Å². The van der Waals surface area contributed by atoms with Crippen LogP contribution in [-0.2, 0) is 0 Å². The molecule has 3 heterocycles. The fraction of sp³-hybridized carbons (Fsp3) is 0. The second-order valence-corrected chi connectivity index (χ2v) is 11.0. The molecule has 0 N–H and O–H groups in total. The van der Waals surface area contributed by atoms with Gasteiger partial charge in [0, 0.05) is 56.2 Å². The molecule has 0 amide bonds. The monoisotopic (exact) mass is 564 g/mol. The highest BCUT2D eigenvalue weighted by Crippen LogP contribution is 2.38. The average Bonchev–Trinajstić information content (AvgIpc) is 3.67.